The maximum Gasteiger partial charge on any atom is 0.296 e. The van der Waals surface area contributed by atoms with Gasteiger partial charge in [-0.15, -0.1) is 10.2 Å². The molecule has 0 aliphatic rings. The molecule has 3 rings (SSSR count). The number of azo groups is 1. The van der Waals surface area contributed by atoms with Gasteiger partial charge in [0.1, 0.15) is 21.2 Å². The average molecular weight is 487 g/mol. The van der Waals surface area contributed by atoms with Crippen LogP contribution in [0.4, 0.5) is 11.4 Å². The summed E-state index contributed by atoms with van der Waals surface area (Å²) in [5.74, 6) is -0.889. The van der Waals surface area contributed by atoms with Gasteiger partial charge in [0.15, 0.2) is 5.75 Å². The van der Waals surface area contributed by atoms with E-state index < -0.39 is 62.2 Å². The van der Waals surface area contributed by atoms with Crippen molar-refractivity contribution in [2.24, 2.45) is 10.2 Å². The molecule has 0 spiro atoms. The molecule has 3 aromatic rings. The van der Waals surface area contributed by atoms with E-state index >= 15 is 0 Å². The normalized spacial score (nSPS) is 13.1. The van der Waals surface area contributed by atoms with Crippen LogP contribution in [0, 0.1) is 6.07 Å². The minimum absolute atomic E-state index is 0.238. The molecule has 0 unspecified atom stereocenters. The summed E-state index contributed by atoms with van der Waals surface area (Å²) in [7, 11) is -14.4. The standard InChI is InChI=1S/C16H11N2O10S3/c19-16-11-6-5-10(29(20,21)22)7-9(11)8-14(31(26,27)28)15(16)18-17-12-3-1-2-4-13(12)30(23,24)25/h1-5,7-8,19H,(H,20,21,22)(H,23,24,25)(H,26,27,28)/b18-17+. The Kier molecular flexibility index (Phi) is 5.59. The van der Waals surface area contributed by atoms with Crippen LogP contribution in [0.1, 0.15) is 0 Å². The molecule has 0 saturated carbocycles. The fraction of sp³-hybridized carbons (Fsp3) is 0. The molecule has 1 radical (unpaired) electrons. The molecule has 4 N–H and O–H groups in total. The lowest BCUT2D eigenvalue weighted by molar-refractivity contribution is 0.471. The van der Waals surface area contributed by atoms with Crippen LogP contribution in [0.3, 0.4) is 0 Å². The van der Waals surface area contributed by atoms with E-state index in [9.17, 15) is 39.5 Å². The first-order valence-electron chi connectivity index (χ1n) is 7.84. The number of fused-ring (bicyclic) bond motifs is 1. The van der Waals surface area contributed by atoms with Crippen LogP contribution in [0.2, 0.25) is 0 Å². The molecule has 0 atom stereocenters. The summed E-state index contributed by atoms with van der Waals surface area (Å²) in [6.45, 7) is 0. The summed E-state index contributed by atoms with van der Waals surface area (Å²) < 4.78 is 96.9. The number of phenolic OH excluding ortho intramolecular Hbond substituents is 1. The Hall–Kier alpha value is -2.95. The largest absolute Gasteiger partial charge is 0.505 e. The Balaban J connectivity index is 2.31. The molecular weight excluding hydrogens is 476 g/mol. The zero-order chi connectivity index (χ0) is 23.2. The highest BCUT2D eigenvalue weighted by atomic mass is 32.2. The number of nitrogens with zero attached hydrogens (tertiary/aromatic N) is 2. The molecule has 31 heavy (non-hydrogen) atoms. The molecule has 0 amide bonds. The van der Waals surface area contributed by atoms with Crippen molar-refractivity contribution in [2.45, 2.75) is 14.7 Å². The highest BCUT2D eigenvalue weighted by Crippen LogP contribution is 2.42. The Morgan fingerprint density at radius 2 is 1.39 bits per heavy atom. The maximum atomic E-state index is 11.8. The Morgan fingerprint density at radius 1 is 0.774 bits per heavy atom. The summed E-state index contributed by atoms with van der Waals surface area (Å²) in [6.07, 6.45) is 0. The molecule has 0 aliphatic carbocycles. The van der Waals surface area contributed by atoms with Gasteiger partial charge >= 0.3 is 0 Å². The van der Waals surface area contributed by atoms with Gasteiger partial charge in [-0.05, 0) is 41.8 Å². The van der Waals surface area contributed by atoms with Gasteiger partial charge in [0.05, 0.1) is 4.90 Å². The zero-order valence-electron chi connectivity index (χ0n) is 14.9. The van der Waals surface area contributed by atoms with Crippen molar-refractivity contribution in [2.75, 3.05) is 0 Å². The van der Waals surface area contributed by atoms with E-state index in [4.69, 9.17) is 4.55 Å². The molecule has 0 bridgehead atoms. The summed E-state index contributed by atoms with van der Waals surface area (Å²) in [5, 5.41) is 17.0. The molecule has 0 heterocycles. The van der Waals surface area contributed by atoms with Crippen LogP contribution in [0.15, 0.2) is 67.4 Å². The predicted molar refractivity (Wildman–Crippen MR) is 105 cm³/mol. The van der Waals surface area contributed by atoms with Crippen molar-refractivity contribution >= 4 is 52.5 Å². The first-order chi connectivity index (χ1) is 14.2. The molecule has 0 aliphatic heterocycles. The first-order valence-corrected chi connectivity index (χ1v) is 12.2. The minimum Gasteiger partial charge on any atom is -0.505 e. The molecule has 0 aromatic heterocycles. The SMILES string of the molecule is O=S(=O)(O)c1c[c]c2c(O)c(/N=N/c3ccccc3S(=O)(=O)O)c(S(=O)(=O)O)cc2c1. The first kappa shape index (κ1) is 22.7. The highest BCUT2D eigenvalue weighted by molar-refractivity contribution is 7.86. The number of hydrogen-bond acceptors (Lipinski definition) is 9. The Bertz CT molecular complexity index is 1560. The van der Waals surface area contributed by atoms with Gasteiger partial charge in [-0.25, -0.2) is 0 Å². The minimum atomic E-state index is -5.05. The van der Waals surface area contributed by atoms with Crippen molar-refractivity contribution in [3.05, 3.63) is 48.5 Å². The fourth-order valence-corrected chi connectivity index (χ4v) is 4.33. The van der Waals surface area contributed by atoms with Crippen LogP contribution in [0.5, 0.6) is 5.75 Å². The molecule has 163 valence electrons. The van der Waals surface area contributed by atoms with E-state index in [0.717, 1.165) is 30.3 Å². The van der Waals surface area contributed by atoms with E-state index in [1.165, 1.54) is 12.1 Å². The third-order valence-electron chi connectivity index (χ3n) is 3.90. The topological polar surface area (TPSA) is 208 Å². The second kappa shape index (κ2) is 7.63. The summed E-state index contributed by atoms with van der Waals surface area (Å²) in [4.78, 5) is -2.31. The molecule has 0 saturated heterocycles. The van der Waals surface area contributed by atoms with Gasteiger partial charge in [0, 0.05) is 5.39 Å². The monoisotopic (exact) mass is 487 g/mol. The van der Waals surface area contributed by atoms with Crippen LogP contribution in [0.25, 0.3) is 10.8 Å². The third-order valence-corrected chi connectivity index (χ3v) is 6.50. The fourth-order valence-electron chi connectivity index (χ4n) is 2.56. The van der Waals surface area contributed by atoms with Gasteiger partial charge in [-0.3, -0.25) is 13.7 Å². The number of benzene rings is 3. The van der Waals surface area contributed by atoms with Crippen molar-refractivity contribution in [1.82, 2.24) is 0 Å². The lowest BCUT2D eigenvalue weighted by atomic mass is 10.1. The lowest BCUT2D eigenvalue weighted by Crippen LogP contribution is -2.01. The van der Waals surface area contributed by atoms with E-state index in [0.29, 0.717) is 0 Å². The van der Waals surface area contributed by atoms with E-state index in [2.05, 4.69) is 16.3 Å². The van der Waals surface area contributed by atoms with Crippen LogP contribution >= 0.6 is 0 Å². The number of aromatic hydroxyl groups is 1. The molecule has 3 aromatic carbocycles. The molecule has 12 nitrogen and oxygen atoms in total. The number of hydrogen-bond donors (Lipinski definition) is 4. The maximum absolute atomic E-state index is 11.8. The predicted octanol–water partition coefficient (Wildman–Crippen LogP) is 2.50. The van der Waals surface area contributed by atoms with Crippen LogP contribution < -0.4 is 0 Å². The van der Waals surface area contributed by atoms with Crippen molar-refractivity contribution in [3.63, 3.8) is 0 Å². The van der Waals surface area contributed by atoms with Crippen molar-refractivity contribution < 1.29 is 44.0 Å². The van der Waals surface area contributed by atoms with Crippen molar-refractivity contribution in [3.8, 4) is 5.75 Å². The molecule has 0 fully saturated rings. The average Bonchev–Trinajstić information content (AvgIpc) is 2.64. The second-order valence-corrected chi connectivity index (χ2v) is 10.2. The van der Waals surface area contributed by atoms with E-state index in [1.54, 1.807) is 0 Å². The van der Waals surface area contributed by atoms with E-state index in [-0.39, 0.29) is 10.8 Å². The third kappa shape index (κ3) is 4.71. The molecular formula is C16H11N2O10S3. The summed E-state index contributed by atoms with van der Waals surface area (Å²) >= 11 is 0. The summed E-state index contributed by atoms with van der Waals surface area (Å²) in [5.41, 5.74) is -1.22. The van der Waals surface area contributed by atoms with E-state index in [1.807, 2.05) is 0 Å². The Labute approximate surface area is 175 Å². The quantitative estimate of drug-likeness (QED) is 0.305. The smallest absolute Gasteiger partial charge is 0.296 e. The second-order valence-electron chi connectivity index (χ2n) is 5.96. The van der Waals surface area contributed by atoms with Gasteiger partial charge < -0.3 is 5.11 Å². The summed E-state index contributed by atoms with van der Waals surface area (Å²) in [6, 6.07) is 9.47. The van der Waals surface area contributed by atoms with Crippen LogP contribution in [-0.2, 0) is 30.4 Å². The van der Waals surface area contributed by atoms with Gasteiger partial charge in [0.2, 0.25) is 0 Å². The number of rotatable bonds is 5. The molecule has 15 heteroatoms. The zero-order valence-corrected chi connectivity index (χ0v) is 17.3. The van der Waals surface area contributed by atoms with Gasteiger partial charge in [-0.2, -0.15) is 25.3 Å². The van der Waals surface area contributed by atoms with Gasteiger partial charge in [-0.1, -0.05) is 12.1 Å². The van der Waals surface area contributed by atoms with Gasteiger partial charge in [0.25, 0.3) is 30.4 Å². The highest BCUT2D eigenvalue weighted by Gasteiger charge is 2.24. The Morgan fingerprint density at radius 3 is 1.97 bits per heavy atom. The number of phenols is 1. The lowest BCUT2D eigenvalue weighted by Gasteiger charge is -2.09. The van der Waals surface area contributed by atoms with Crippen LogP contribution in [-0.4, -0.2) is 44.0 Å². The van der Waals surface area contributed by atoms with Crippen molar-refractivity contribution in [1.29, 1.82) is 0 Å².